The fraction of sp³-hybridized carbons (Fsp3) is 0.333. The summed E-state index contributed by atoms with van der Waals surface area (Å²) in [6.45, 7) is 5.13. The Hall–Kier alpha value is -2.96. The Balaban J connectivity index is 1.66. The predicted octanol–water partition coefficient (Wildman–Crippen LogP) is 2.67. The van der Waals surface area contributed by atoms with Gasteiger partial charge < -0.3 is 10.2 Å². The first-order valence-corrected chi connectivity index (χ1v) is 8.46. The van der Waals surface area contributed by atoms with Crippen LogP contribution in [0.15, 0.2) is 36.9 Å². The van der Waals surface area contributed by atoms with E-state index >= 15 is 0 Å². The second-order valence-corrected chi connectivity index (χ2v) is 6.50. The van der Waals surface area contributed by atoms with Gasteiger partial charge >= 0.3 is 0 Å². The zero-order chi connectivity index (χ0) is 17.4. The van der Waals surface area contributed by atoms with Gasteiger partial charge in [0.25, 0.3) is 5.91 Å². The number of nitrogens with one attached hydrogen (secondary N) is 1. The summed E-state index contributed by atoms with van der Waals surface area (Å²) in [4.78, 5) is 23.7. The van der Waals surface area contributed by atoms with Gasteiger partial charge in [-0.1, -0.05) is 0 Å². The topological polar surface area (TPSA) is 75.4 Å². The number of anilines is 2. The number of carbonyl (C=O) groups is 1. The lowest BCUT2D eigenvalue weighted by Crippen LogP contribution is -2.27. The summed E-state index contributed by atoms with van der Waals surface area (Å²) in [5.74, 6) is 0.658. The van der Waals surface area contributed by atoms with Crippen molar-refractivity contribution in [3.05, 3.63) is 48.0 Å². The van der Waals surface area contributed by atoms with Gasteiger partial charge in [0.15, 0.2) is 5.65 Å². The molecule has 4 rings (SSSR count). The van der Waals surface area contributed by atoms with Crippen LogP contribution in [0.25, 0.3) is 5.65 Å². The Labute approximate surface area is 145 Å². The Morgan fingerprint density at radius 2 is 2.20 bits per heavy atom. The molecule has 0 aromatic carbocycles. The molecule has 1 aliphatic heterocycles. The summed E-state index contributed by atoms with van der Waals surface area (Å²) in [5, 5.41) is 7.11. The largest absolute Gasteiger partial charge is 0.354 e. The smallest absolute Gasteiger partial charge is 0.261 e. The Bertz CT molecular complexity index is 934. The zero-order valence-corrected chi connectivity index (χ0v) is 14.3. The van der Waals surface area contributed by atoms with Gasteiger partial charge in [-0.25, -0.2) is 9.50 Å². The van der Waals surface area contributed by atoms with Gasteiger partial charge in [0, 0.05) is 25.0 Å². The summed E-state index contributed by atoms with van der Waals surface area (Å²) in [6, 6.07) is 4.29. The fourth-order valence-electron chi connectivity index (χ4n) is 3.27. The standard InChI is InChI=1S/C18H20N6O/c1-12-8-14(10-19-9-12)21-18(25)15-11-20-24-7-5-16(22-17(15)24)23-6-3-4-13(23)2/h5,7-11,13H,3-4,6H2,1-2H3,(H,21,25). The van der Waals surface area contributed by atoms with E-state index in [1.54, 1.807) is 23.1 Å². The summed E-state index contributed by atoms with van der Waals surface area (Å²) in [5.41, 5.74) is 2.67. The second kappa shape index (κ2) is 6.16. The maximum absolute atomic E-state index is 12.7. The minimum atomic E-state index is -0.235. The SMILES string of the molecule is Cc1cncc(NC(=O)c2cnn3ccc(N4CCCC4C)nc23)c1. The summed E-state index contributed by atoms with van der Waals surface area (Å²) < 4.78 is 1.63. The molecule has 1 amide bonds. The van der Waals surface area contributed by atoms with Crippen LogP contribution in [0.2, 0.25) is 0 Å². The van der Waals surface area contributed by atoms with Crippen LogP contribution in [-0.2, 0) is 0 Å². The Kier molecular flexibility index (Phi) is 3.83. The number of amides is 1. The molecule has 0 aliphatic carbocycles. The van der Waals surface area contributed by atoms with Crippen LogP contribution in [0.5, 0.6) is 0 Å². The normalized spacial score (nSPS) is 17.2. The van der Waals surface area contributed by atoms with Crippen molar-refractivity contribution >= 4 is 23.1 Å². The third kappa shape index (κ3) is 2.93. The molecule has 1 unspecified atom stereocenters. The average molecular weight is 336 g/mol. The first kappa shape index (κ1) is 15.6. The van der Waals surface area contributed by atoms with Crippen LogP contribution in [0.3, 0.4) is 0 Å². The summed E-state index contributed by atoms with van der Waals surface area (Å²) >= 11 is 0. The Morgan fingerprint density at radius 1 is 1.32 bits per heavy atom. The molecular weight excluding hydrogens is 316 g/mol. The van der Waals surface area contributed by atoms with Gasteiger partial charge in [0.1, 0.15) is 11.4 Å². The number of hydrogen-bond donors (Lipinski definition) is 1. The first-order valence-electron chi connectivity index (χ1n) is 8.46. The summed E-state index contributed by atoms with van der Waals surface area (Å²) in [7, 11) is 0. The van der Waals surface area contributed by atoms with E-state index < -0.39 is 0 Å². The van der Waals surface area contributed by atoms with Crippen molar-refractivity contribution in [2.75, 3.05) is 16.8 Å². The number of carbonyl (C=O) groups excluding carboxylic acids is 1. The maximum Gasteiger partial charge on any atom is 0.261 e. The molecule has 1 fully saturated rings. The van der Waals surface area contributed by atoms with Gasteiger partial charge in [-0.2, -0.15) is 5.10 Å². The number of fused-ring (bicyclic) bond motifs is 1. The molecule has 3 aromatic heterocycles. The highest BCUT2D eigenvalue weighted by Crippen LogP contribution is 2.24. The number of aryl methyl sites for hydroxylation is 1. The molecular formula is C18H20N6O. The highest BCUT2D eigenvalue weighted by Gasteiger charge is 2.23. The fourth-order valence-corrected chi connectivity index (χ4v) is 3.27. The minimum absolute atomic E-state index is 0.235. The van der Waals surface area contributed by atoms with Crippen molar-refractivity contribution in [1.82, 2.24) is 19.6 Å². The number of hydrogen-bond acceptors (Lipinski definition) is 5. The van der Waals surface area contributed by atoms with E-state index in [9.17, 15) is 4.79 Å². The maximum atomic E-state index is 12.7. The van der Waals surface area contributed by atoms with E-state index in [0.717, 1.165) is 17.9 Å². The molecule has 0 radical (unpaired) electrons. The number of rotatable bonds is 3. The zero-order valence-electron chi connectivity index (χ0n) is 14.3. The molecule has 3 aromatic rings. The van der Waals surface area contributed by atoms with E-state index in [4.69, 9.17) is 4.98 Å². The van der Waals surface area contributed by atoms with Gasteiger partial charge in [0.05, 0.1) is 18.1 Å². The molecule has 1 saturated heterocycles. The van der Waals surface area contributed by atoms with Crippen molar-refractivity contribution in [2.45, 2.75) is 32.7 Å². The lowest BCUT2D eigenvalue weighted by molar-refractivity contribution is 0.102. The number of pyridine rings is 1. The van der Waals surface area contributed by atoms with Crippen LogP contribution >= 0.6 is 0 Å². The second-order valence-electron chi connectivity index (χ2n) is 6.50. The predicted molar refractivity (Wildman–Crippen MR) is 96.0 cm³/mol. The average Bonchev–Trinajstić information content (AvgIpc) is 3.20. The van der Waals surface area contributed by atoms with Gasteiger partial charge in [-0.3, -0.25) is 9.78 Å². The molecule has 1 N–H and O–H groups in total. The molecule has 0 spiro atoms. The highest BCUT2D eigenvalue weighted by atomic mass is 16.1. The molecule has 1 atom stereocenters. The van der Waals surface area contributed by atoms with Crippen LogP contribution in [0.1, 0.15) is 35.7 Å². The molecule has 7 heteroatoms. The van der Waals surface area contributed by atoms with Gasteiger partial charge in [0.2, 0.25) is 0 Å². The molecule has 25 heavy (non-hydrogen) atoms. The molecule has 0 bridgehead atoms. The quantitative estimate of drug-likeness (QED) is 0.796. The lowest BCUT2D eigenvalue weighted by atomic mass is 10.2. The highest BCUT2D eigenvalue weighted by molar-refractivity contribution is 6.08. The van der Waals surface area contributed by atoms with Crippen molar-refractivity contribution in [3.63, 3.8) is 0 Å². The Morgan fingerprint density at radius 3 is 2.96 bits per heavy atom. The van der Waals surface area contributed by atoms with Crippen molar-refractivity contribution in [1.29, 1.82) is 0 Å². The van der Waals surface area contributed by atoms with E-state index in [2.05, 4.69) is 27.2 Å². The van der Waals surface area contributed by atoms with E-state index in [0.29, 0.717) is 22.9 Å². The van der Waals surface area contributed by atoms with Crippen LogP contribution in [0, 0.1) is 6.92 Å². The van der Waals surface area contributed by atoms with Crippen molar-refractivity contribution in [2.24, 2.45) is 0 Å². The van der Waals surface area contributed by atoms with E-state index in [1.165, 1.54) is 12.8 Å². The third-order valence-electron chi connectivity index (χ3n) is 4.58. The minimum Gasteiger partial charge on any atom is -0.354 e. The molecule has 0 saturated carbocycles. The molecule has 7 nitrogen and oxygen atoms in total. The molecule has 128 valence electrons. The third-order valence-corrected chi connectivity index (χ3v) is 4.58. The number of nitrogens with zero attached hydrogens (tertiary/aromatic N) is 5. The monoisotopic (exact) mass is 336 g/mol. The molecule has 4 heterocycles. The lowest BCUT2D eigenvalue weighted by Gasteiger charge is -2.22. The van der Waals surface area contributed by atoms with E-state index in [-0.39, 0.29) is 5.91 Å². The number of aromatic nitrogens is 4. The van der Waals surface area contributed by atoms with Crippen LogP contribution in [-0.4, -0.2) is 38.1 Å². The van der Waals surface area contributed by atoms with Crippen LogP contribution in [0.4, 0.5) is 11.5 Å². The van der Waals surface area contributed by atoms with Gasteiger partial charge in [-0.15, -0.1) is 0 Å². The van der Waals surface area contributed by atoms with Gasteiger partial charge in [-0.05, 0) is 44.4 Å². The van der Waals surface area contributed by atoms with Crippen LogP contribution < -0.4 is 10.2 Å². The summed E-state index contributed by atoms with van der Waals surface area (Å²) in [6.07, 6.45) is 9.12. The van der Waals surface area contributed by atoms with Crippen molar-refractivity contribution < 1.29 is 4.79 Å². The van der Waals surface area contributed by atoms with Crippen molar-refractivity contribution in [3.8, 4) is 0 Å². The first-order chi connectivity index (χ1) is 12.1. The molecule has 1 aliphatic rings. The van der Waals surface area contributed by atoms with E-state index in [1.807, 2.05) is 25.3 Å².